The molecule has 172 valence electrons. The molecule has 0 saturated carbocycles. The summed E-state index contributed by atoms with van der Waals surface area (Å²) in [6.07, 6.45) is 0. The second kappa shape index (κ2) is 8.73. The third-order valence-electron chi connectivity index (χ3n) is 5.73. The third kappa shape index (κ3) is 4.07. The van der Waals surface area contributed by atoms with Gasteiger partial charge in [0.05, 0.1) is 26.0 Å². The Hall–Kier alpha value is -2.62. The van der Waals surface area contributed by atoms with E-state index in [1.807, 2.05) is 4.90 Å². The van der Waals surface area contributed by atoms with E-state index in [1.165, 1.54) is 24.9 Å². The minimum Gasteiger partial charge on any atom is -0.493 e. The number of aryl methyl sites for hydroxylation is 1. The fourth-order valence-electron chi connectivity index (χ4n) is 4.14. The molecular weight excluding hydrogens is 436 g/mol. The first-order valence-electron chi connectivity index (χ1n) is 10.5. The van der Waals surface area contributed by atoms with Gasteiger partial charge in [0, 0.05) is 23.8 Å². The molecule has 0 amide bonds. The van der Waals surface area contributed by atoms with E-state index >= 15 is 4.39 Å². The third-order valence-corrected chi connectivity index (χ3v) is 6.68. The molecule has 2 unspecified atom stereocenters. The number of amidine groups is 1. The van der Waals surface area contributed by atoms with Gasteiger partial charge in [-0.15, -0.1) is 0 Å². The van der Waals surface area contributed by atoms with Crippen molar-refractivity contribution < 1.29 is 18.3 Å². The van der Waals surface area contributed by atoms with Gasteiger partial charge in [-0.05, 0) is 31.0 Å². The van der Waals surface area contributed by atoms with Gasteiger partial charge in [0.15, 0.2) is 5.17 Å². The van der Waals surface area contributed by atoms with E-state index in [0.717, 1.165) is 0 Å². The highest BCUT2D eigenvalue weighted by Gasteiger charge is 2.52. The number of thioether (sulfide) groups is 1. The summed E-state index contributed by atoms with van der Waals surface area (Å²) in [5, 5.41) is 0.407. The van der Waals surface area contributed by atoms with Crippen LogP contribution in [0.2, 0.25) is 0 Å². The van der Waals surface area contributed by atoms with Crippen LogP contribution < -0.4 is 20.1 Å². The molecule has 3 heterocycles. The zero-order chi connectivity index (χ0) is 23.0. The molecule has 10 heteroatoms. The predicted molar refractivity (Wildman–Crippen MR) is 121 cm³/mol. The standard InChI is InChI=1S/C22H27F2N5O2S/c1-12(2)9-31-15-5-6-17(23)16(7-15)22-11-29(8-14(22)10-32-20(25)28-22)21-26-13(3)18(24)19(27-21)30-4/h5-7,12,14H,8-11H2,1-4H3,(H2,25,28). The summed E-state index contributed by atoms with van der Waals surface area (Å²) in [5.41, 5.74) is 5.81. The average Bonchev–Trinajstić information content (AvgIpc) is 3.14. The van der Waals surface area contributed by atoms with Crippen molar-refractivity contribution in [2.75, 3.05) is 37.5 Å². The summed E-state index contributed by atoms with van der Waals surface area (Å²) in [4.78, 5) is 15.2. The number of hydrogen-bond donors (Lipinski definition) is 1. The zero-order valence-electron chi connectivity index (χ0n) is 18.6. The van der Waals surface area contributed by atoms with Crippen LogP contribution in [0.4, 0.5) is 14.7 Å². The van der Waals surface area contributed by atoms with Crippen molar-refractivity contribution in [2.24, 2.45) is 22.6 Å². The normalized spacial score (nSPS) is 22.7. The lowest BCUT2D eigenvalue weighted by Crippen LogP contribution is -2.40. The molecule has 1 saturated heterocycles. The highest BCUT2D eigenvalue weighted by atomic mass is 32.2. The van der Waals surface area contributed by atoms with Crippen LogP contribution in [0, 0.1) is 30.4 Å². The first-order chi connectivity index (χ1) is 15.2. The van der Waals surface area contributed by atoms with E-state index in [-0.39, 0.29) is 23.3 Å². The molecule has 2 aliphatic rings. The molecule has 2 aromatic rings. The van der Waals surface area contributed by atoms with Gasteiger partial charge < -0.3 is 20.1 Å². The highest BCUT2D eigenvalue weighted by Crippen LogP contribution is 2.47. The fourth-order valence-corrected chi connectivity index (χ4v) is 5.12. The molecule has 1 aromatic heterocycles. The van der Waals surface area contributed by atoms with E-state index < -0.39 is 11.4 Å². The number of hydrogen-bond acceptors (Lipinski definition) is 8. The summed E-state index contributed by atoms with van der Waals surface area (Å²) < 4.78 is 40.3. The van der Waals surface area contributed by atoms with Crippen LogP contribution >= 0.6 is 11.8 Å². The molecule has 0 radical (unpaired) electrons. The van der Waals surface area contributed by atoms with Gasteiger partial charge in [-0.3, -0.25) is 0 Å². The molecule has 2 aliphatic heterocycles. The summed E-state index contributed by atoms with van der Waals surface area (Å²) in [5.74, 6) is 0.779. The summed E-state index contributed by atoms with van der Waals surface area (Å²) in [6.45, 7) is 7.01. The van der Waals surface area contributed by atoms with Gasteiger partial charge in [0.1, 0.15) is 17.1 Å². The molecule has 32 heavy (non-hydrogen) atoms. The maximum absolute atomic E-state index is 15.2. The zero-order valence-corrected chi connectivity index (χ0v) is 19.4. The molecule has 2 N–H and O–H groups in total. The maximum atomic E-state index is 15.2. The molecule has 0 spiro atoms. The van der Waals surface area contributed by atoms with Gasteiger partial charge in [-0.1, -0.05) is 25.6 Å². The molecule has 1 aromatic carbocycles. The van der Waals surface area contributed by atoms with Crippen molar-refractivity contribution in [1.82, 2.24) is 9.97 Å². The van der Waals surface area contributed by atoms with Crippen molar-refractivity contribution >= 4 is 22.9 Å². The first kappa shape index (κ1) is 22.6. The number of aliphatic imine (C=N–C) groups is 1. The number of ether oxygens (including phenoxy) is 2. The fraction of sp³-hybridized carbons (Fsp3) is 0.500. The Bertz CT molecular complexity index is 1050. The number of methoxy groups -OCH3 is 1. The van der Waals surface area contributed by atoms with Crippen LogP contribution in [0.5, 0.6) is 11.6 Å². The minimum absolute atomic E-state index is 0.0467. The van der Waals surface area contributed by atoms with E-state index in [1.54, 1.807) is 19.1 Å². The number of halogens is 2. The van der Waals surface area contributed by atoms with Crippen LogP contribution in [0.15, 0.2) is 23.2 Å². The van der Waals surface area contributed by atoms with E-state index in [2.05, 4.69) is 23.8 Å². The number of aromatic nitrogens is 2. The number of anilines is 1. The van der Waals surface area contributed by atoms with Crippen molar-refractivity contribution in [3.8, 4) is 11.6 Å². The summed E-state index contributed by atoms with van der Waals surface area (Å²) in [7, 11) is 1.36. The van der Waals surface area contributed by atoms with Gasteiger partial charge in [0.2, 0.25) is 11.8 Å². The quantitative estimate of drug-likeness (QED) is 0.702. The SMILES string of the molecule is COc1nc(N2CC3CSC(N)=NC3(c3cc(OCC(C)C)ccc3F)C2)nc(C)c1F. The molecule has 4 rings (SSSR count). The van der Waals surface area contributed by atoms with Crippen LogP contribution in [0.3, 0.4) is 0 Å². The van der Waals surface area contributed by atoms with Crippen LogP contribution in [-0.4, -0.2) is 47.7 Å². The number of fused-ring (bicyclic) bond motifs is 1. The molecule has 7 nitrogen and oxygen atoms in total. The molecule has 0 bridgehead atoms. The van der Waals surface area contributed by atoms with E-state index in [0.29, 0.717) is 53.8 Å². The molecule has 2 atom stereocenters. The van der Waals surface area contributed by atoms with Crippen LogP contribution in [0.1, 0.15) is 25.1 Å². The first-order valence-corrected chi connectivity index (χ1v) is 11.5. The Morgan fingerprint density at radius 2 is 2.09 bits per heavy atom. The number of benzene rings is 1. The van der Waals surface area contributed by atoms with Crippen molar-refractivity contribution in [2.45, 2.75) is 26.3 Å². The number of nitrogens with two attached hydrogens (primary N) is 1. The largest absolute Gasteiger partial charge is 0.493 e. The van der Waals surface area contributed by atoms with Gasteiger partial charge >= 0.3 is 0 Å². The Balaban J connectivity index is 1.76. The maximum Gasteiger partial charge on any atom is 0.255 e. The van der Waals surface area contributed by atoms with Gasteiger partial charge in [-0.2, -0.15) is 9.37 Å². The average molecular weight is 464 g/mol. The molecule has 0 aliphatic carbocycles. The van der Waals surface area contributed by atoms with Gasteiger partial charge in [-0.25, -0.2) is 14.4 Å². The van der Waals surface area contributed by atoms with E-state index in [4.69, 9.17) is 20.2 Å². The van der Waals surface area contributed by atoms with E-state index in [9.17, 15) is 4.39 Å². The summed E-state index contributed by atoms with van der Waals surface area (Å²) in [6, 6.07) is 4.76. The van der Waals surface area contributed by atoms with Crippen LogP contribution in [0.25, 0.3) is 0 Å². The topological polar surface area (TPSA) is 85.9 Å². The summed E-state index contributed by atoms with van der Waals surface area (Å²) >= 11 is 1.44. The second-order valence-electron chi connectivity index (χ2n) is 8.54. The number of nitrogens with zero attached hydrogens (tertiary/aromatic N) is 4. The molecule has 1 fully saturated rings. The Morgan fingerprint density at radius 1 is 1.31 bits per heavy atom. The van der Waals surface area contributed by atoms with Crippen molar-refractivity contribution in [1.29, 1.82) is 0 Å². The van der Waals surface area contributed by atoms with Gasteiger partial charge in [0.25, 0.3) is 5.88 Å². The lowest BCUT2D eigenvalue weighted by molar-refractivity contribution is 0.269. The number of rotatable bonds is 6. The second-order valence-corrected chi connectivity index (χ2v) is 9.58. The Labute approximate surface area is 190 Å². The smallest absolute Gasteiger partial charge is 0.255 e. The Morgan fingerprint density at radius 3 is 2.81 bits per heavy atom. The predicted octanol–water partition coefficient (Wildman–Crippen LogP) is 3.50. The minimum atomic E-state index is -0.921. The lowest BCUT2D eigenvalue weighted by atomic mass is 9.81. The molecular formula is C22H27F2N5O2S. The van der Waals surface area contributed by atoms with Crippen molar-refractivity contribution in [3.05, 3.63) is 41.1 Å². The monoisotopic (exact) mass is 463 g/mol. The lowest BCUT2D eigenvalue weighted by Gasteiger charge is -2.35. The van der Waals surface area contributed by atoms with Crippen molar-refractivity contribution in [3.63, 3.8) is 0 Å². The highest BCUT2D eigenvalue weighted by molar-refractivity contribution is 8.13. The Kier molecular flexibility index (Phi) is 6.15. The van der Waals surface area contributed by atoms with Crippen LogP contribution in [-0.2, 0) is 5.54 Å².